The van der Waals surface area contributed by atoms with Crippen LogP contribution in [0.4, 0.5) is 0 Å². The Morgan fingerprint density at radius 2 is 2.19 bits per heavy atom. The van der Waals surface area contributed by atoms with Crippen LogP contribution < -0.4 is 5.32 Å². The molecular formula is C21H28N4OS. The highest BCUT2D eigenvalue weighted by atomic mass is 32.1. The predicted octanol–water partition coefficient (Wildman–Crippen LogP) is 3.69. The van der Waals surface area contributed by atoms with Gasteiger partial charge in [-0.25, -0.2) is 0 Å². The van der Waals surface area contributed by atoms with E-state index >= 15 is 0 Å². The van der Waals surface area contributed by atoms with Crippen molar-refractivity contribution in [1.29, 1.82) is 0 Å². The van der Waals surface area contributed by atoms with E-state index in [1.165, 1.54) is 5.69 Å². The standard InChI is InChI=1S/C21H28N4OS/c1-15(2)13-25-20(19(23-21(25)27)17-8-3-4-10-22-17)18-9-5-11-24(18)14-16-7-6-12-26-16/h3-5,8-11,15-16,19-20H,6-7,12-14H2,1-2H3,(H,23,27)/t16-,19-,20-/m0/s1. The fourth-order valence-corrected chi connectivity index (χ4v) is 4.50. The minimum atomic E-state index is 0.0515. The van der Waals surface area contributed by atoms with E-state index in [0.717, 1.165) is 43.3 Å². The van der Waals surface area contributed by atoms with Gasteiger partial charge < -0.3 is 19.5 Å². The second kappa shape index (κ2) is 7.98. The van der Waals surface area contributed by atoms with E-state index in [9.17, 15) is 0 Å². The molecule has 0 spiro atoms. The Labute approximate surface area is 166 Å². The van der Waals surface area contributed by atoms with Gasteiger partial charge in [-0.1, -0.05) is 19.9 Å². The number of ether oxygens (including phenoxy) is 1. The first kappa shape index (κ1) is 18.4. The maximum absolute atomic E-state index is 5.88. The number of hydrogen-bond acceptors (Lipinski definition) is 3. The van der Waals surface area contributed by atoms with Crippen molar-refractivity contribution in [2.45, 2.75) is 51.4 Å². The zero-order valence-electron chi connectivity index (χ0n) is 16.0. The van der Waals surface area contributed by atoms with Crippen LogP contribution in [-0.2, 0) is 11.3 Å². The highest BCUT2D eigenvalue weighted by molar-refractivity contribution is 7.80. The van der Waals surface area contributed by atoms with Gasteiger partial charge in [0.15, 0.2) is 5.11 Å². The van der Waals surface area contributed by atoms with E-state index in [1.807, 2.05) is 18.3 Å². The number of thiocarbonyl (C=S) groups is 1. The van der Waals surface area contributed by atoms with Gasteiger partial charge in [0.05, 0.1) is 23.9 Å². The van der Waals surface area contributed by atoms with E-state index < -0.39 is 0 Å². The molecule has 4 heterocycles. The van der Waals surface area contributed by atoms with E-state index in [2.05, 4.69) is 58.0 Å². The molecule has 2 aromatic heterocycles. The van der Waals surface area contributed by atoms with E-state index in [4.69, 9.17) is 17.0 Å². The minimum Gasteiger partial charge on any atom is -0.376 e. The number of aromatic nitrogens is 2. The van der Waals surface area contributed by atoms with Crippen molar-refractivity contribution in [2.24, 2.45) is 5.92 Å². The molecule has 0 aliphatic carbocycles. The van der Waals surface area contributed by atoms with Crippen molar-refractivity contribution >= 4 is 17.3 Å². The molecule has 0 saturated carbocycles. The quantitative estimate of drug-likeness (QED) is 0.770. The summed E-state index contributed by atoms with van der Waals surface area (Å²) < 4.78 is 8.23. The molecule has 4 rings (SSSR count). The summed E-state index contributed by atoms with van der Waals surface area (Å²) in [6.07, 6.45) is 6.63. The van der Waals surface area contributed by atoms with Gasteiger partial charge in [0.25, 0.3) is 0 Å². The van der Waals surface area contributed by atoms with Crippen LogP contribution in [0.15, 0.2) is 42.7 Å². The molecule has 6 heteroatoms. The van der Waals surface area contributed by atoms with Crippen molar-refractivity contribution in [2.75, 3.05) is 13.2 Å². The van der Waals surface area contributed by atoms with Crippen LogP contribution in [0, 0.1) is 5.92 Å². The maximum atomic E-state index is 5.88. The molecule has 2 fully saturated rings. The van der Waals surface area contributed by atoms with Crippen molar-refractivity contribution < 1.29 is 4.74 Å². The van der Waals surface area contributed by atoms with Crippen LogP contribution in [-0.4, -0.2) is 38.8 Å². The second-order valence-corrected chi connectivity index (χ2v) is 8.28. The fraction of sp³-hybridized carbons (Fsp3) is 0.524. The van der Waals surface area contributed by atoms with Crippen molar-refractivity contribution in [3.05, 3.63) is 54.1 Å². The van der Waals surface area contributed by atoms with Crippen LogP contribution in [0.5, 0.6) is 0 Å². The smallest absolute Gasteiger partial charge is 0.170 e. The van der Waals surface area contributed by atoms with Gasteiger partial charge in [-0.15, -0.1) is 0 Å². The van der Waals surface area contributed by atoms with Crippen molar-refractivity contribution in [3.8, 4) is 0 Å². The third kappa shape index (κ3) is 3.87. The summed E-state index contributed by atoms with van der Waals surface area (Å²) in [5, 5.41) is 4.35. The SMILES string of the molecule is CC(C)CN1C(=S)N[C@@H](c2ccccn2)[C@@H]1c1cccn1C[C@@H]1CCCO1. The Hall–Kier alpha value is -1.92. The highest BCUT2D eigenvalue weighted by Crippen LogP contribution is 2.39. The zero-order valence-corrected chi connectivity index (χ0v) is 16.9. The maximum Gasteiger partial charge on any atom is 0.170 e. The summed E-state index contributed by atoms with van der Waals surface area (Å²) in [5.74, 6) is 0.524. The molecule has 2 aliphatic rings. The molecule has 0 radical (unpaired) electrons. The largest absolute Gasteiger partial charge is 0.376 e. The first-order valence-corrected chi connectivity index (χ1v) is 10.3. The Morgan fingerprint density at radius 3 is 2.89 bits per heavy atom. The molecule has 1 N–H and O–H groups in total. The Bertz CT molecular complexity index is 769. The summed E-state index contributed by atoms with van der Waals surface area (Å²) in [7, 11) is 0. The fourth-order valence-electron chi connectivity index (χ4n) is 4.19. The number of nitrogens with zero attached hydrogens (tertiary/aromatic N) is 3. The van der Waals surface area contributed by atoms with Gasteiger partial charge in [-0.05, 0) is 55.2 Å². The lowest BCUT2D eigenvalue weighted by atomic mass is 10.0. The highest BCUT2D eigenvalue weighted by Gasteiger charge is 2.41. The van der Waals surface area contributed by atoms with E-state index in [1.54, 1.807) is 0 Å². The summed E-state index contributed by atoms with van der Waals surface area (Å²) in [6.45, 7) is 7.17. The van der Waals surface area contributed by atoms with Gasteiger partial charge >= 0.3 is 0 Å². The molecule has 0 unspecified atom stereocenters. The third-order valence-electron chi connectivity index (χ3n) is 5.35. The van der Waals surface area contributed by atoms with Crippen molar-refractivity contribution in [3.63, 3.8) is 0 Å². The second-order valence-electron chi connectivity index (χ2n) is 7.89. The van der Waals surface area contributed by atoms with Gasteiger partial charge in [0.1, 0.15) is 0 Å². The lowest BCUT2D eigenvalue weighted by molar-refractivity contribution is 0.0952. The minimum absolute atomic E-state index is 0.0515. The molecule has 2 aliphatic heterocycles. The average Bonchev–Trinajstić information content (AvgIpc) is 3.38. The molecule has 0 amide bonds. The summed E-state index contributed by atoms with van der Waals surface area (Å²) in [6, 6.07) is 10.6. The van der Waals surface area contributed by atoms with Gasteiger partial charge in [-0.3, -0.25) is 4.98 Å². The lowest BCUT2D eigenvalue weighted by Crippen LogP contribution is -2.34. The number of hydrogen-bond donors (Lipinski definition) is 1. The van der Waals surface area contributed by atoms with Gasteiger partial charge in [0, 0.05) is 37.8 Å². The van der Waals surface area contributed by atoms with Crippen molar-refractivity contribution in [1.82, 2.24) is 19.8 Å². The van der Waals surface area contributed by atoms with Gasteiger partial charge in [0.2, 0.25) is 0 Å². The Morgan fingerprint density at radius 1 is 1.30 bits per heavy atom. The number of pyridine rings is 1. The number of nitrogens with one attached hydrogen (secondary N) is 1. The van der Waals surface area contributed by atoms with Crippen LogP contribution >= 0.6 is 12.2 Å². The van der Waals surface area contributed by atoms with Gasteiger partial charge in [-0.2, -0.15) is 0 Å². The molecule has 144 valence electrons. The molecule has 27 heavy (non-hydrogen) atoms. The zero-order chi connectivity index (χ0) is 18.8. The molecule has 3 atom stereocenters. The number of rotatable bonds is 6. The summed E-state index contributed by atoms with van der Waals surface area (Å²) >= 11 is 5.73. The van der Waals surface area contributed by atoms with Crippen LogP contribution in [0.1, 0.15) is 50.2 Å². The third-order valence-corrected chi connectivity index (χ3v) is 5.70. The topological polar surface area (TPSA) is 42.3 Å². The molecule has 5 nitrogen and oxygen atoms in total. The van der Waals surface area contributed by atoms with Crippen LogP contribution in [0.3, 0.4) is 0 Å². The first-order chi connectivity index (χ1) is 13.1. The first-order valence-electron chi connectivity index (χ1n) is 9.88. The molecule has 0 bridgehead atoms. The normalized spacial score (nSPS) is 25.4. The lowest BCUT2D eigenvalue weighted by Gasteiger charge is -2.30. The Balaban J connectivity index is 1.68. The summed E-state index contributed by atoms with van der Waals surface area (Å²) in [5.41, 5.74) is 2.30. The predicted molar refractivity (Wildman–Crippen MR) is 110 cm³/mol. The Kier molecular flexibility index (Phi) is 5.45. The molecule has 2 saturated heterocycles. The molecule has 2 aromatic rings. The molecular weight excluding hydrogens is 356 g/mol. The molecule has 0 aromatic carbocycles. The monoisotopic (exact) mass is 384 g/mol. The van der Waals surface area contributed by atoms with E-state index in [0.29, 0.717) is 12.0 Å². The van der Waals surface area contributed by atoms with E-state index in [-0.39, 0.29) is 12.1 Å². The average molecular weight is 385 g/mol. The van der Waals surface area contributed by atoms with Crippen LogP contribution in [0.25, 0.3) is 0 Å². The summed E-state index contributed by atoms with van der Waals surface area (Å²) in [4.78, 5) is 6.95. The van der Waals surface area contributed by atoms with Crippen LogP contribution in [0.2, 0.25) is 0 Å².